The topological polar surface area (TPSA) is 23.5 Å². The lowest BCUT2D eigenvalue weighted by molar-refractivity contribution is 0.218. The van der Waals surface area contributed by atoms with Gasteiger partial charge in [-0.2, -0.15) is 0 Å². The minimum atomic E-state index is -0.139. The predicted molar refractivity (Wildman–Crippen MR) is 70.9 cm³/mol. The number of fused-ring (bicyclic) bond motifs is 1. The molecule has 0 saturated heterocycles. The quantitative estimate of drug-likeness (QED) is 0.867. The summed E-state index contributed by atoms with van der Waals surface area (Å²) in [6.07, 6.45) is 0. The standard InChI is InChI=1S/C15H23NO/c1-11(2)16-8-12-5-6-14(7-13(12)9-16)15(3,4)10-17/h5-7,11,17H,8-10H2,1-4H3. The normalized spacial score (nSPS) is 16.6. The van der Waals surface area contributed by atoms with Gasteiger partial charge in [-0.15, -0.1) is 0 Å². The molecule has 0 fully saturated rings. The van der Waals surface area contributed by atoms with Crippen LogP contribution in [0.3, 0.4) is 0 Å². The van der Waals surface area contributed by atoms with Crippen LogP contribution in [-0.2, 0) is 18.5 Å². The Bertz CT molecular complexity index is 409. The number of hydrogen-bond acceptors (Lipinski definition) is 2. The highest BCUT2D eigenvalue weighted by Crippen LogP contribution is 2.30. The SMILES string of the molecule is CC(C)N1Cc2ccc(C(C)(C)CO)cc2C1. The summed E-state index contributed by atoms with van der Waals surface area (Å²) in [7, 11) is 0. The summed E-state index contributed by atoms with van der Waals surface area (Å²) in [5, 5.41) is 9.43. The van der Waals surface area contributed by atoms with Crippen molar-refractivity contribution in [1.82, 2.24) is 4.90 Å². The van der Waals surface area contributed by atoms with Gasteiger partial charge in [-0.1, -0.05) is 32.0 Å². The van der Waals surface area contributed by atoms with Crippen molar-refractivity contribution in [1.29, 1.82) is 0 Å². The lowest BCUT2D eigenvalue weighted by atomic mass is 9.84. The van der Waals surface area contributed by atoms with E-state index in [0.717, 1.165) is 13.1 Å². The molecule has 0 saturated carbocycles. The lowest BCUT2D eigenvalue weighted by Crippen LogP contribution is -2.24. The van der Waals surface area contributed by atoms with Gasteiger partial charge < -0.3 is 5.11 Å². The summed E-state index contributed by atoms with van der Waals surface area (Å²) < 4.78 is 0. The van der Waals surface area contributed by atoms with E-state index in [-0.39, 0.29) is 12.0 Å². The van der Waals surface area contributed by atoms with E-state index in [1.807, 2.05) is 0 Å². The summed E-state index contributed by atoms with van der Waals surface area (Å²) in [5.74, 6) is 0. The monoisotopic (exact) mass is 233 g/mol. The van der Waals surface area contributed by atoms with Crippen LogP contribution in [-0.4, -0.2) is 22.7 Å². The van der Waals surface area contributed by atoms with Crippen LogP contribution in [0.2, 0.25) is 0 Å². The Kier molecular flexibility index (Phi) is 3.28. The van der Waals surface area contributed by atoms with E-state index >= 15 is 0 Å². The largest absolute Gasteiger partial charge is 0.395 e. The van der Waals surface area contributed by atoms with Crippen molar-refractivity contribution in [2.24, 2.45) is 0 Å². The van der Waals surface area contributed by atoms with Crippen LogP contribution in [0.4, 0.5) is 0 Å². The van der Waals surface area contributed by atoms with Crippen LogP contribution in [0.15, 0.2) is 18.2 Å². The highest BCUT2D eigenvalue weighted by Gasteiger charge is 2.25. The van der Waals surface area contributed by atoms with Crippen molar-refractivity contribution in [3.63, 3.8) is 0 Å². The second-order valence-electron chi connectivity index (χ2n) is 6.02. The summed E-state index contributed by atoms with van der Waals surface area (Å²) in [5.41, 5.74) is 3.97. The summed E-state index contributed by atoms with van der Waals surface area (Å²) in [6, 6.07) is 7.26. The van der Waals surface area contributed by atoms with Crippen LogP contribution in [0, 0.1) is 0 Å². The first-order valence-corrected chi connectivity index (χ1v) is 6.41. The second kappa shape index (κ2) is 4.43. The molecule has 17 heavy (non-hydrogen) atoms. The fraction of sp³-hybridized carbons (Fsp3) is 0.600. The Labute approximate surface area is 104 Å². The first-order valence-electron chi connectivity index (χ1n) is 6.41. The number of aliphatic hydroxyl groups excluding tert-OH is 1. The third-order valence-corrected chi connectivity index (χ3v) is 3.86. The van der Waals surface area contributed by atoms with E-state index in [4.69, 9.17) is 0 Å². The number of hydrogen-bond donors (Lipinski definition) is 1. The van der Waals surface area contributed by atoms with Gasteiger partial charge in [0, 0.05) is 24.5 Å². The van der Waals surface area contributed by atoms with E-state index in [2.05, 4.69) is 50.8 Å². The van der Waals surface area contributed by atoms with Crippen LogP contribution < -0.4 is 0 Å². The number of nitrogens with zero attached hydrogens (tertiary/aromatic N) is 1. The van der Waals surface area contributed by atoms with Gasteiger partial charge in [-0.3, -0.25) is 4.90 Å². The first kappa shape index (κ1) is 12.6. The molecule has 0 atom stereocenters. The zero-order chi connectivity index (χ0) is 12.6. The summed E-state index contributed by atoms with van der Waals surface area (Å²) >= 11 is 0. The highest BCUT2D eigenvalue weighted by atomic mass is 16.3. The minimum Gasteiger partial charge on any atom is -0.395 e. The van der Waals surface area contributed by atoms with Crippen LogP contribution in [0.5, 0.6) is 0 Å². The van der Waals surface area contributed by atoms with Gasteiger partial charge in [-0.05, 0) is 30.5 Å². The Morgan fingerprint density at radius 2 is 1.88 bits per heavy atom. The maximum Gasteiger partial charge on any atom is 0.0522 e. The number of benzene rings is 1. The van der Waals surface area contributed by atoms with E-state index < -0.39 is 0 Å². The number of rotatable bonds is 3. The molecule has 2 rings (SSSR count). The van der Waals surface area contributed by atoms with Gasteiger partial charge in [-0.25, -0.2) is 0 Å². The lowest BCUT2D eigenvalue weighted by Gasteiger charge is -2.23. The molecule has 0 bridgehead atoms. The van der Waals surface area contributed by atoms with Crippen molar-refractivity contribution in [3.05, 3.63) is 34.9 Å². The zero-order valence-electron chi connectivity index (χ0n) is 11.3. The fourth-order valence-electron chi connectivity index (χ4n) is 2.30. The van der Waals surface area contributed by atoms with Crippen molar-refractivity contribution in [2.75, 3.05) is 6.61 Å². The molecule has 2 nitrogen and oxygen atoms in total. The Morgan fingerprint density at radius 3 is 2.47 bits per heavy atom. The third kappa shape index (κ3) is 2.38. The molecule has 1 heterocycles. The maximum absolute atomic E-state index is 9.43. The molecule has 0 amide bonds. The molecule has 0 spiro atoms. The van der Waals surface area contributed by atoms with Gasteiger partial charge in [0.25, 0.3) is 0 Å². The molecule has 2 heteroatoms. The smallest absolute Gasteiger partial charge is 0.0522 e. The molecule has 0 radical (unpaired) electrons. The fourth-order valence-corrected chi connectivity index (χ4v) is 2.30. The molecule has 94 valence electrons. The van der Waals surface area contributed by atoms with Crippen molar-refractivity contribution in [2.45, 2.75) is 52.2 Å². The molecule has 0 aromatic heterocycles. The van der Waals surface area contributed by atoms with Gasteiger partial charge in [0.15, 0.2) is 0 Å². The summed E-state index contributed by atoms with van der Waals surface area (Å²) in [6.45, 7) is 11.0. The van der Waals surface area contributed by atoms with Gasteiger partial charge >= 0.3 is 0 Å². The molecule has 1 N–H and O–H groups in total. The zero-order valence-corrected chi connectivity index (χ0v) is 11.3. The van der Waals surface area contributed by atoms with Crippen molar-refractivity contribution < 1.29 is 5.11 Å². The van der Waals surface area contributed by atoms with Crippen LogP contribution >= 0.6 is 0 Å². The van der Waals surface area contributed by atoms with Gasteiger partial charge in [0.2, 0.25) is 0 Å². The molecule has 0 aliphatic carbocycles. The van der Waals surface area contributed by atoms with Gasteiger partial charge in [0.05, 0.1) is 6.61 Å². The van der Waals surface area contributed by atoms with E-state index in [1.165, 1.54) is 16.7 Å². The highest BCUT2D eigenvalue weighted by molar-refractivity contribution is 5.37. The van der Waals surface area contributed by atoms with Crippen molar-refractivity contribution in [3.8, 4) is 0 Å². The van der Waals surface area contributed by atoms with E-state index in [1.54, 1.807) is 0 Å². The minimum absolute atomic E-state index is 0.139. The van der Waals surface area contributed by atoms with Crippen LogP contribution in [0.25, 0.3) is 0 Å². The van der Waals surface area contributed by atoms with Crippen LogP contribution in [0.1, 0.15) is 44.4 Å². The molecular weight excluding hydrogens is 210 g/mol. The van der Waals surface area contributed by atoms with Crippen molar-refractivity contribution >= 4 is 0 Å². The second-order valence-corrected chi connectivity index (χ2v) is 6.02. The average molecular weight is 233 g/mol. The van der Waals surface area contributed by atoms with E-state index in [9.17, 15) is 5.11 Å². The molecule has 1 aliphatic rings. The molecule has 0 unspecified atom stereocenters. The van der Waals surface area contributed by atoms with E-state index in [0.29, 0.717) is 6.04 Å². The molecule has 1 aromatic carbocycles. The maximum atomic E-state index is 9.43. The Balaban J connectivity index is 2.27. The molecular formula is C15H23NO. The molecule has 1 aliphatic heterocycles. The first-order chi connectivity index (χ1) is 7.94. The number of aliphatic hydroxyl groups is 1. The molecule has 1 aromatic rings. The predicted octanol–water partition coefficient (Wildman–Crippen LogP) is 2.68. The van der Waals surface area contributed by atoms with Gasteiger partial charge in [0.1, 0.15) is 0 Å². The summed E-state index contributed by atoms with van der Waals surface area (Å²) in [4.78, 5) is 2.47. The third-order valence-electron chi connectivity index (χ3n) is 3.86. The Morgan fingerprint density at radius 1 is 1.24 bits per heavy atom. The Hall–Kier alpha value is -0.860. The average Bonchev–Trinajstić information content (AvgIpc) is 2.71.